The Kier molecular flexibility index (Phi) is 7.89. The van der Waals surface area contributed by atoms with Crippen molar-refractivity contribution in [3.05, 3.63) is 0 Å². The van der Waals surface area contributed by atoms with Gasteiger partial charge in [0.15, 0.2) is 6.16 Å². The van der Waals surface area contributed by atoms with E-state index in [1.807, 2.05) is 0 Å². The van der Waals surface area contributed by atoms with Crippen LogP contribution in [0.4, 0.5) is 0 Å². The highest BCUT2D eigenvalue weighted by atomic mass is 35.5. The van der Waals surface area contributed by atoms with E-state index in [9.17, 15) is 9.36 Å². The second-order valence-electron chi connectivity index (χ2n) is 1.81. The molecular weight excluding hydrogens is 192 g/mol. The molecule has 4 N–H and O–H groups in total. The van der Waals surface area contributed by atoms with Crippen molar-refractivity contribution in [2.45, 2.75) is 12.5 Å². The molecule has 0 spiro atoms. The molecule has 11 heavy (non-hydrogen) atoms. The molecule has 0 saturated heterocycles. The Balaban J connectivity index is 0. The van der Waals surface area contributed by atoms with Crippen LogP contribution in [0.5, 0.6) is 0 Å². The Labute approximate surface area is 70.9 Å². The summed E-state index contributed by atoms with van der Waals surface area (Å²) in [4.78, 5) is 18.3. The van der Waals surface area contributed by atoms with E-state index >= 15 is 0 Å². The SMILES string of the molecule is Cl.N[C@@H](CC[P+](=O)O)C(=O)O. The number of carboxylic acids is 1. The summed E-state index contributed by atoms with van der Waals surface area (Å²) in [6.45, 7) is 0. The van der Waals surface area contributed by atoms with Crippen LogP contribution in [-0.2, 0) is 9.36 Å². The maximum Gasteiger partial charge on any atom is 0.505 e. The van der Waals surface area contributed by atoms with Gasteiger partial charge < -0.3 is 10.8 Å². The van der Waals surface area contributed by atoms with Crippen molar-refractivity contribution in [2.24, 2.45) is 5.73 Å². The predicted octanol–water partition coefficient (Wildman–Crippen LogP) is -0.0551. The number of nitrogens with two attached hydrogens (primary N) is 1. The monoisotopic (exact) mass is 202 g/mol. The summed E-state index contributed by atoms with van der Waals surface area (Å²) in [5, 5.41) is 8.19. The van der Waals surface area contributed by atoms with Gasteiger partial charge in [0.25, 0.3) is 0 Å². The zero-order valence-corrected chi connectivity index (χ0v) is 7.35. The number of hydrogen-bond acceptors (Lipinski definition) is 3. The van der Waals surface area contributed by atoms with Gasteiger partial charge >= 0.3 is 14.0 Å². The van der Waals surface area contributed by atoms with Crippen molar-refractivity contribution < 1.29 is 19.4 Å². The van der Waals surface area contributed by atoms with E-state index in [1.54, 1.807) is 0 Å². The third kappa shape index (κ3) is 7.68. The van der Waals surface area contributed by atoms with Gasteiger partial charge in [0.1, 0.15) is 6.04 Å². The highest BCUT2D eigenvalue weighted by Crippen LogP contribution is 2.14. The first-order valence-electron chi connectivity index (χ1n) is 2.66. The van der Waals surface area contributed by atoms with Crippen LogP contribution in [0.25, 0.3) is 0 Å². The average molecular weight is 203 g/mol. The standard InChI is InChI=1S/C4H8NO4P.ClH/c5-3(4(6)7)1-2-10(8)9;/h3H,1-2,5H2,(H-,6,7,8,9);1H/p+1/t3-;/m0./s1. The third-order valence-electron chi connectivity index (χ3n) is 0.949. The third-order valence-corrected chi connectivity index (χ3v) is 1.59. The fourth-order valence-corrected chi connectivity index (χ4v) is 0.872. The minimum absolute atomic E-state index is 0. The van der Waals surface area contributed by atoms with E-state index < -0.39 is 20.0 Å². The van der Waals surface area contributed by atoms with Gasteiger partial charge in [-0.3, -0.25) is 4.79 Å². The molecular formula is C4H10ClNO4P+. The van der Waals surface area contributed by atoms with Crippen LogP contribution < -0.4 is 5.73 Å². The van der Waals surface area contributed by atoms with E-state index in [2.05, 4.69) is 0 Å². The largest absolute Gasteiger partial charge is 0.505 e. The van der Waals surface area contributed by atoms with E-state index in [0.717, 1.165) is 0 Å². The molecule has 7 heteroatoms. The summed E-state index contributed by atoms with van der Waals surface area (Å²) >= 11 is 0. The first-order valence-corrected chi connectivity index (χ1v) is 4.05. The van der Waals surface area contributed by atoms with Crippen LogP contribution in [0.15, 0.2) is 0 Å². The molecule has 5 nitrogen and oxygen atoms in total. The summed E-state index contributed by atoms with van der Waals surface area (Å²) in [5.41, 5.74) is 5.03. The maximum absolute atomic E-state index is 10.0. The van der Waals surface area contributed by atoms with Gasteiger partial charge in [-0.1, -0.05) is 0 Å². The molecule has 0 aromatic carbocycles. The lowest BCUT2D eigenvalue weighted by atomic mass is 10.2. The zero-order valence-electron chi connectivity index (χ0n) is 5.64. The van der Waals surface area contributed by atoms with Crippen LogP contribution in [-0.4, -0.2) is 28.2 Å². The topological polar surface area (TPSA) is 101 Å². The normalized spacial score (nSPS) is 13.1. The minimum atomic E-state index is -2.25. The van der Waals surface area contributed by atoms with Crippen LogP contribution in [0.3, 0.4) is 0 Å². The molecule has 0 aliphatic carbocycles. The molecule has 0 saturated carbocycles. The minimum Gasteiger partial charge on any atom is -0.480 e. The van der Waals surface area contributed by atoms with Gasteiger partial charge in [-0.05, 0) is 4.57 Å². The second-order valence-corrected chi connectivity index (χ2v) is 2.96. The molecule has 0 radical (unpaired) electrons. The number of aliphatic carboxylic acids is 1. The molecule has 0 aromatic rings. The van der Waals surface area contributed by atoms with Crippen molar-refractivity contribution in [3.8, 4) is 0 Å². The van der Waals surface area contributed by atoms with Gasteiger partial charge in [-0.25, -0.2) is 0 Å². The van der Waals surface area contributed by atoms with Gasteiger partial charge in [0.05, 0.1) is 0 Å². The molecule has 1 unspecified atom stereocenters. The summed E-state index contributed by atoms with van der Waals surface area (Å²) in [7, 11) is -2.25. The van der Waals surface area contributed by atoms with Gasteiger partial charge in [-0.2, -0.15) is 4.89 Å². The van der Waals surface area contributed by atoms with E-state index in [1.165, 1.54) is 0 Å². The Morgan fingerprint density at radius 2 is 2.09 bits per heavy atom. The van der Waals surface area contributed by atoms with Crippen molar-refractivity contribution in [3.63, 3.8) is 0 Å². The fraction of sp³-hybridized carbons (Fsp3) is 0.750. The van der Waals surface area contributed by atoms with E-state index in [0.29, 0.717) is 0 Å². The summed E-state index contributed by atoms with van der Waals surface area (Å²) in [6.07, 6.45) is -0.0101. The lowest BCUT2D eigenvalue weighted by Crippen LogP contribution is -2.30. The molecule has 0 heterocycles. The first-order chi connectivity index (χ1) is 4.54. The molecule has 2 atom stereocenters. The Morgan fingerprint density at radius 1 is 1.64 bits per heavy atom. The van der Waals surface area contributed by atoms with Crippen molar-refractivity contribution in [1.82, 2.24) is 0 Å². The van der Waals surface area contributed by atoms with Crippen LogP contribution in [0, 0.1) is 0 Å². The van der Waals surface area contributed by atoms with Crippen molar-refractivity contribution in [2.75, 3.05) is 6.16 Å². The van der Waals surface area contributed by atoms with Gasteiger partial charge in [-0.15, -0.1) is 12.4 Å². The lowest BCUT2D eigenvalue weighted by molar-refractivity contribution is -0.138. The highest BCUT2D eigenvalue weighted by molar-refractivity contribution is 7.37. The van der Waals surface area contributed by atoms with Gasteiger partial charge in [0.2, 0.25) is 0 Å². The Hall–Kier alpha value is -0.220. The summed E-state index contributed by atoms with van der Waals surface area (Å²) in [6, 6.07) is -1.02. The molecule has 0 rings (SSSR count). The molecule has 0 amide bonds. The van der Waals surface area contributed by atoms with Crippen molar-refractivity contribution in [1.29, 1.82) is 0 Å². The van der Waals surface area contributed by atoms with Crippen LogP contribution >= 0.6 is 20.4 Å². The Bertz CT molecular complexity index is 153. The number of rotatable bonds is 4. The number of halogens is 1. The van der Waals surface area contributed by atoms with Gasteiger partial charge in [0, 0.05) is 6.42 Å². The molecule has 66 valence electrons. The first kappa shape index (κ1) is 13.4. The summed E-state index contributed by atoms with van der Waals surface area (Å²) in [5.74, 6) is -1.14. The molecule has 0 fully saturated rings. The summed E-state index contributed by atoms with van der Waals surface area (Å²) < 4.78 is 10.0. The molecule has 0 aliphatic rings. The van der Waals surface area contributed by atoms with E-state index in [4.69, 9.17) is 15.7 Å². The lowest BCUT2D eigenvalue weighted by Gasteiger charge is -1.98. The molecule has 0 aliphatic heterocycles. The smallest absolute Gasteiger partial charge is 0.480 e. The number of hydrogen-bond donors (Lipinski definition) is 3. The zero-order chi connectivity index (χ0) is 8.15. The van der Waals surface area contributed by atoms with Crippen molar-refractivity contribution >= 4 is 26.4 Å². The van der Waals surface area contributed by atoms with Crippen LogP contribution in [0.1, 0.15) is 6.42 Å². The quantitative estimate of drug-likeness (QED) is 0.555. The average Bonchev–Trinajstić information content (AvgIpc) is 1.82. The number of carboxylic acid groups (broad SMARTS) is 1. The fourth-order valence-electron chi connectivity index (χ4n) is 0.373. The second kappa shape index (κ2) is 6.49. The maximum atomic E-state index is 10.0. The highest BCUT2D eigenvalue weighted by Gasteiger charge is 2.17. The van der Waals surface area contributed by atoms with Crippen LogP contribution in [0.2, 0.25) is 0 Å². The number of carbonyl (C=O) groups is 1. The molecule has 0 aromatic heterocycles. The van der Waals surface area contributed by atoms with E-state index in [-0.39, 0.29) is 25.0 Å². The Morgan fingerprint density at radius 3 is 2.36 bits per heavy atom. The predicted molar refractivity (Wildman–Crippen MR) is 42.2 cm³/mol. The molecule has 0 bridgehead atoms.